The number of nitrogens with zero attached hydrogens (tertiary/aromatic N) is 1. The van der Waals surface area contributed by atoms with Gasteiger partial charge in [0.05, 0.1) is 0 Å². The molecule has 4 rings (SSSR count). The molecule has 0 spiro atoms. The number of fused-ring (bicyclic) bond motifs is 3. The Morgan fingerprint density at radius 2 is 1.48 bits per heavy atom. The van der Waals surface area contributed by atoms with Crippen molar-refractivity contribution in [1.29, 1.82) is 0 Å². The Kier molecular flexibility index (Phi) is 4.28. The molecule has 0 amide bonds. The molecule has 25 heavy (non-hydrogen) atoms. The Morgan fingerprint density at radius 1 is 0.880 bits per heavy atom. The first-order valence-electron chi connectivity index (χ1n) is 8.23. The summed E-state index contributed by atoms with van der Waals surface area (Å²) in [6.45, 7) is 6.41. The Morgan fingerprint density at radius 3 is 2.12 bits per heavy atom. The van der Waals surface area contributed by atoms with Gasteiger partial charge in [0.1, 0.15) is 0 Å². The van der Waals surface area contributed by atoms with Gasteiger partial charge in [0.15, 0.2) is 0 Å². The molecule has 3 aromatic rings. The molecule has 1 heterocycles. The van der Waals surface area contributed by atoms with E-state index >= 15 is 0 Å². The fourth-order valence-electron chi connectivity index (χ4n) is 4.04. The number of allylic oxidation sites excluding steroid dienone is 2. The predicted octanol–water partition coefficient (Wildman–Crippen LogP) is 7.27. The zero-order chi connectivity index (χ0) is 18.0. The summed E-state index contributed by atoms with van der Waals surface area (Å²) in [6, 6.07) is 18.9. The van der Waals surface area contributed by atoms with Gasteiger partial charge in [-0.3, -0.25) is 0 Å². The van der Waals surface area contributed by atoms with Gasteiger partial charge in [-0.1, -0.05) is 0 Å². The monoisotopic (exact) mass is 557 g/mol. The molecule has 5 heteroatoms. The maximum atomic E-state index is 6.73. The normalized spacial score (nSPS) is 20.4. The Hall–Kier alpha value is -0.540. The van der Waals surface area contributed by atoms with E-state index < -0.39 is 19.6 Å². The predicted molar refractivity (Wildman–Crippen MR) is 106 cm³/mol. The maximum absolute atomic E-state index is 6.73. The second-order valence-corrected chi connectivity index (χ2v) is 32.6. The Labute approximate surface area is 163 Å². The molecule has 1 atom stereocenters. The van der Waals surface area contributed by atoms with Crippen molar-refractivity contribution in [3.05, 3.63) is 71.4 Å². The average Bonchev–Trinajstić information content (AvgIpc) is 3.03. The first kappa shape index (κ1) is 17.9. The van der Waals surface area contributed by atoms with E-state index in [1.54, 1.807) is 0 Å². The van der Waals surface area contributed by atoms with Crippen LogP contribution in [0.15, 0.2) is 60.2 Å². The molecule has 0 saturated heterocycles. The molecule has 0 fully saturated rings. The van der Waals surface area contributed by atoms with Gasteiger partial charge in [-0.25, -0.2) is 0 Å². The number of rotatable bonds is 2. The van der Waals surface area contributed by atoms with Crippen LogP contribution in [-0.4, -0.2) is 4.57 Å². The first-order valence-corrected chi connectivity index (χ1v) is 23.4. The van der Waals surface area contributed by atoms with E-state index in [0.717, 1.165) is 5.69 Å². The summed E-state index contributed by atoms with van der Waals surface area (Å²) in [5.74, 6) is 0. The fraction of sp³-hybridized carbons (Fsp3) is 0.200. The average molecular weight is 557 g/mol. The summed E-state index contributed by atoms with van der Waals surface area (Å²) < 4.78 is 1.87. The molecular weight excluding hydrogens is 539 g/mol. The molecule has 2 aromatic carbocycles. The van der Waals surface area contributed by atoms with Crippen LogP contribution in [0, 0.1) is 0 Å². The second kappa shape index (κ2) is 5.99. The minimum absolute atomic E-state index is 0.448. The number of benzene rings is 2. The topological polar surface area (TPSA) is 4.93 Å². The number of aromatic nitrogens is 1. The summed E-state index contributed by atoms with van der Waals surface area (Å²) >= 11 is -4.04. The van der Waals surface area contributed by atoms with Crippen molar-refractivity contribution in [3.8, 4) is 5.69 Å². The fourth-order valence-corrected chi connectivity index (χ4v) is 14.0. The van der Waals surface area contributed by atoms with Crippen molar-refractivity contribution < 1.29 is 16.4 Å². The molecular formula is C20H18Cl3HfN. The number of halogens is 3. The molecule has 1 aliphatic carbocycles. The zero-order valence-electron chi connectivity index (χ0n) is 14.3. The summed E-state index contributed by atoms with van der Waals surface area (Å²) in [5, 5.41) is 1.19. The third-order valence-corrected chi connectivity index (χ3v) is 21.2. The van der Waals surface area contributed by atoms with Crippen molar-refractivity contribution >= 4 is 42.2 Å². The number of para-hydroxylation sites is 2. The summed E-state index contributed by atoms with van der Waals surface area (Å²) in [4.78, 5) is 0. The molecule has 0 radical (unpaired) electrons. The van der Waals surface area contributed by atoms with Crippen molar-refractivity contribution in [2.75, 3.05) is 0 Å². The van der Waals surface area contributed by atoms with Gasteiger partial charge in [0.25, 0.3) is 0 Å². The van der Waals surface area contributed by atoms with Crippen LogP contribution in [0.1, 0.15) is 32.0 Å². The van der Waals surface area contributed by atoms with Crippen LogP contribution >= 0.6 is 25.7 Å². The molecule has 1 nitrogen and oxygen atoms in total. The van der Waals surface area contributed by atoms with Crippen LogP contribution in [0.2, 0.25) is 0 Å². The van der Waals surface area contributed by atoms with Crippen LogP contribution in [-0.2, 0) is 19.6 Å². The molecule has 128 valence electrons. The second-order valence-electron chi connectivity index (χ2n) is 6.78. The van der Waals surface area contributed by atoms with Crippen molar-refractivity contribution in [2.45, 2.75) is 23.9 Å². The number of hydrogen-bond donors (Lipinski definition) is 0. The summed E-state index contributed by atoms with van der Waals surface area (Å²) in [7, 11) is 20.2. The van der Waals surface area contributed by atoms with Gasteiger partial charge in [0.2, 0.25) is 0 Å². The van der Waals surface area contributed by atoms with Crippen molar-refractivity contribution in [3.63, 3.8) is 0 Å². The standard InChI is InChI=1S/C20H18N.3ClH.Hf/c1-13-14(2)19-17-11-7-8-12-18(17)21(20(19)15(13)3)16-9-5-4-6-10-16;;;;/h4-12H,1-3H3;3*1H;/q;;;;+3/p-3. The molecule has 1 aliphatic rings. The molecule has 0 saturated carbocycles. The quantitative estimate of drug-likeness (QED) is 0.293. The molecule has 1 unspecified atom stereocenters. The van der Waals surface area contributed by atoms with Gasteiger partial charge in [-0.05, 0) is 0 Å². The third-order valence-electron chi connectivity index (χ3n) is 5.62. The third kappa shape index (κ3) is 2.37. The summed E-state index contributed by atoms with van der Waals surface area (Å²) in [5.41, 5.74) is 7.12. The molecule has 0 aliphatic heterocycles. The number of hydrogen-bond acceptors (Lipinski definition) is 0. The van der Waals surface area contributed by atoms with Gasteiger partial charge in [-0.15, -0.1) is 0 Å². The van der Waals surface area contributed by atoms with E-state index in [2.05, 4.69) is 73.9 Å². The van der Waals surface area contributed by atoms with Crippen molar-refractivity contribution in [2.24, 2.45) is 0 Å². The van der Waals surface area contributed by atoms with Gasteiger partial charge in [-0.2, -0.15) is 0 Å². The van der Waals surface area contributed by atoms with Crippen molar-refractivity contribution in [1.82, 2.24) is 4.57 Å². The van der Waals surface area contributed by atoms with Crippen LogP contribution in [0.4, 0.5) is 0 Å². The van der Waals surface area contributed by atoms with E-state index in [1.165, 1.54) is 33.3 Å². The van der Waals surface area contributed by atoms with Gasteiger partial charge in [0, 0.05) is 0 Å². The van der Waals surface area contributed by atoms with Crippen LogP contribution in [0.5, 0.6) is 0 Å². The molecule has 0 N–H and O–H groups in total. The SMILES string of the molecule is CC1=C(C)[C](C)([Hf]([Cl])([Cl])[Cl])c2c1n(-c1ccccc1)c1ccccc21. The minimum atomic E-state index is -4.04. The molecule has 1 aromatic heterocycles. The van der Waals surface area contributed by atoms with Crippen LogP contribution in [0.25, 0.3) is 22.2 Å². The van der Waals surface area contributed by atoms with E-state index in [4.69, 9.17) is 25.7 Å². The van der Waals surface area contributed by atoms with E-state index in [9.17, 15) is 0 Å². The zero-order valence-corrected chi connectivity index (χ0v) is 20.1. The van der Waals surface area contributed by atoms with Gasteiger partial charge >= 0.3 is 164 Å². The summed E-state index contributed by atoms with van der Waals surface area (Å²) in [6.07, 6.45) is 0. The molecule has 0 bridgehead atoms. The van der Waals surface area contributed by atoms with E-state index in [-0.39, 0.29) is 0 Å². The van der Waals surface area contributed by atoms with Crippen LogP contribution in [0.3, 0.4) is 0 Å². The van der Waals surface area contributed by atoms with E-state index in [0.29, 0.717) is 0 Å². The van der Waals surface area contributed by atoms with Gasteiger partial charge < -0.3 is 0 Å². The Balaban J connectivity index is 2.20. The Bertz CT molecular complexity index is 1010. The van der Waals surface area contributed by atoms with Crippen LogP contribution < -0.4 is 0 Å². The first-order chi connectivity index (χ1) is 11.8. The van der Waals surface area contributed by atoms with E-state index in [1.807, 2.05) is 6.07 Å².